The molecular formula is C22H23N3O5. The second-order valence-electron chi connectivity index (χ2n) is 6.68. The van der Waals surface area contributed by atoms with Gasteiger partial charge in [-0.3, -0.25) is 20.4 Å². The summed E-state index contributed by atoms with van der Waals surface area (Å²) in [4.78, 5) is 24.3. The van der Waals surface area contributed by atoms with E-state index in [2.05, 4.69) is 16.0 Å². The lowest BCUT2D eigenvalue weighted by Gasteiger charge is -2.11. The maximum atomic E-state index is 12.3. The van der Waals surface area contributed by atoms with Crippen molar-refractivity contribution >= 4 is 11.8 Å². The van der Waals surface area contributed by atoms with E-state index in [9.17, 15) is 9.59 Å². The molecule has 30 heavy (non-hydrogen) atoms. The summed E-state index contributed by atoms with van der Waals surface area (Å²) in [5, 5.41) is 3.88. The molecule has 1 aromatic heterocycles. The number of nitrogens with one attached hydrogen (secondary N) is 2. The number of hydrogen-bond donors (Lipinski definition) is 2. The van der Waals surface area contributed by atoms with Crippen LogP contribution in [0.5, 0.6) is 11.5 Å². The van der Waals surface area contributed by atoms with Gasteiger partial charge in [0.05, 0.1) is 11.3 Å². The van der Waals surface area contributed by atoms with Crippen LogP contribution in [0.3, 0.4) is 0 Å². The molecule has 0 radical (unpaired) electrons. The number of aromatic nitrogens is 1. The quantitative estimate of drug-likeness (QED) is 0.582. The van der Waals surface area contributed by atoms with Gasteiger partial charge in [0.25, 0.3) is 11.8 Å². The lowest BCUT2D eigenvalue weighted by Crippen LogP contribution is -2.43. The van der Waals surface area contributed by atoms with Gasteiger partial charge in [-0.2, -0.15) is 0 Å². The van der Waals surface area contributed by atoms with E-state index in [1.807, 2.05) is 39.0 Å². The molecule has 0 bridgehead atoms. The van der Waals surface area contributed by atoms with Crippen LogP contribution in [0.4, 0.5) is 0 Å². The molecule has 8 heteroatoms. The van der Waals surface area contributed by atoms with Crippen molar-refractivity contribution < 1.29 is 23.6 Å². The van der Waals surface area contributed by atoms with Gasteiger partial charge >= 0.3 is 0 Å². The second-order valence-corrected chi connectivity index (χ2v) is 6.68. The molecule has 1 heterocycles. The number of benzene rings is 2. The van der Waals surface area contributed by atoms with Crippen molar-refractivity contribution in [2.24, 2.45) is 0 Å². The predicted octanol–water partition coefficient (Wildman–Crippen LogP) is 3.02. The van der Waals surface area contributed by atoms with E-state index in [-0.39, 0.29) is 13.2 Å². The number of para-hydroxylation sites is 1. The van der Waals surface area contributed by atoms with Gasteiger partial charge in [-0.1, -0.05) is 29.4 Å². The fourth-order valence-electron chi connectivity index (χ4n) is 2.69. The van der Waals surface area contributed by atoms with Crippen LogP contribution >= 0.6 is 0 Å². The lowest BCUT2D eigenvalue weighted by atomic mass is 10.2. The summed E-state index contributed by atoms with van der Waals surface area (Å²) in [5.74, 6) is 0.871. The van der Waals surface area contributed by atoms with E-state index in [4.69, 9.17) is 14.0 Å². The maximum absolute atomic E-state index is 12.3. The summed E-state index contributed by atoms with van der Waals surface area (Å²) in [6.07, 6.45) is 0. The van der Waals surface area contributed by atoms with Crippen molar-refractivity contribution in [1.82, 2.24) is 16.0 Å². The number of nitrogens with zero attached hydrogens (tertiary/aromatic N) is 1. The third-order valence-corrected chi connectivity index (χ3v) is 4.43. The van der Waals surface area contributed by atoms with Crippen LogP contribution in [0.15, 0.2) is 53.1 Å². The molecule has 3 aromatic rings. The first-order valence-corrected chi connectivity index (χ1v) is 9.36. The summed E-state index contributed by atoms with van der Waals surface area (Å²) < 4.78 is 16.3. The smallest absolute Gasteiger partial charge is 0.276 e. The van der Waals surface area contributed by atoms with E-state index in [0.29, 0.717) is 22.8 Å². The van der Waals surface area contributed by atoms with Crippen molar-refractivity contribution in [2.75, 3.05) is 6.61 Å². The molecule has 0 saturated carbocycles. The Morgan fingerprint density at radius 2 is 1.80 bits per heavy atom. The maximum Gasteiger partial charge on any atom is 0.276 e. The molecule has 8 nitrogen and oxygen atoms in total. The Morgan fingerprint density at radius 1 is 1.00 bits per heavy atom. The third kappa shape index (κ3) is 5.38. The van der Waals surface area contributed by atoms with E-state index < -0.39 is 11.8 Å². The molecule has 156 valence electrons. The molecule has 0 unspecified atom stereocenters. The Bertz CT molecular complexity index is 1030. The van der Waals surface area contributed by atoms with E-state index >= 15 is 0 Å². The van der Waals surface area contributed by atoms with Crippen molar-refractivity contribution in [1.29, 1.82) is 0 Å². The Labute approximate surface area is 174 Å². The van der Waals surface area contributed by atoms with Crippen molar-refractivity contribution in [3.8, 4) is 11.5 Å². The number of rotatable bonds is 7. The Morgan fingerprint density at radius 3 is 2.53 bits per heavy atom. The summed E-state index contributed by atoms with van der Waals surface area (Å²) in [5.41, 5.74) is 7.59. The first kappa shape index (κ1) is 20.9. The molecule has 2 amide bonds. The van der Waals surface area contributed by atoms with Crippen molar-refractivity contribution in [3.63, 3.8) is 0 Å². The molecule has 0 saturated heterocycles. The van der Waals surface area contributed by atoms with Gasteiger partial charge in [0.15, 0.2) is 6.61 Å². The number of hydrazine groups is 1. The summed E-state index contributed by atoms with van der Waals surface area (Å²) in [7, 11) is 0. The number of carbonyl (C=O) groups excluding carboxylic acids is 2. The van der Waals surface area contributed by atoms with Crippen LogP contribution < -0.4 is 20.3 Å². The third-order valence-electron chi connectivity index (χ3n) is 4.43. The SMILES string of the molecule is Cc1ccccc1OCC(=O)NNC(=O)c1cccc(OCc2c(C)noc2C)c1. The lowest BCUT2D eigenvalue weighted by molar-refractivity contribution is -0.123. The Hall–Kier alpha value is -3.81. The van der Waals surface area contributed by atoms with Gasteiger partial charge in [0, 0.05) is 5.56 Å². The fourth-order valence-corrected chi connectivity index (χ4v) is 2.69. The van der Waals surface area contributed by atoms with E-state index in [1.165, 1.54) is 0 Å². The highest BCUT2D eigenvalue weighted by atomic mass is 16.5. The summed E-state index contributed by atoms with van der Waals surface area (Å²) in [6, 6.07) is 14.0. The second kappa shape index (κ2) is 9.60. The van der Waals surface area contributed by atoms with Crippen LogP contribution in [0, 0.1) is 20.8 Å². The van der Waals surface area contributed by atoms with Crippen LogP contribution in [0.25, 0.3) is 0 Å². The molecule has 2 N–H and O–H groups in total. The van der Waals surface area contributed by atoms with Crippen LogP contribution in [-0.2, 0) is 11.4 Å². The number of hydrogen-bond acceptors (Lipinski definition) is 6. The molecule has 3 rings (SSSR count). The average Bonchev–Trinajstić information content (AvgIpc) is 3.07. The van der Waals surface area contributed by atoms with Crippen molar-refractivity contribution in [2.45, 2.75) is 27.4 Å². The predicted molar refractivity (Wildman–Crippen MR) is 109 cm³/mol. The number of ether oxygens (including phenoxy) is 2. The van der Waals surface area contributed by atoms with E-state index in [0.717, 1.165) is 16.8 Å². The molecule has 0 aliphatic carbocycles. The largest absolute Gasteiger partial charge is 0.489 e. The van der Waals surface area contributed by atoms with Gasteiger partial charge in [-0.05, 0) is 50.6 Å². The molecule has 0 aliphatic rings. The van der Waals surface area contributed by atoms with Gasteiger partial charge in [0.2, 0.25) is 0 Å². The normalized spacial score (nSPS) is 10.4. The van der Waals surface area contributed by atoms with Gasteiger partial charge in [0.1, 0.15) is 23.9 Å². The van der Waals surface area contributed by atoms with Crippen molar-refractivity contribution in [3.05, 3.63) is 76.7 Å². The Kier molecular flexibility index (Phi) is 6.69. The molecule has 0 spiro atoms. The molecule has 2 aromatic carbocycles. The minimum Gasteiger partial charge on any atom is -0.489 e. The zero-order valence-corrected chi connectivity index (χ0v) is 17.0. The minimum absolute atomic E-state index is 0.217. The standard InChI is InChI=1S/C22H23N3O5/c1-14-7-4-5-10-20(14)29-13-21(26)23-24-22(27)17-8-6-9-18(11-17)28-12-19-15(2)25-30-16(19)3/h4-11H,12-13H2,1-3H3,(H,23,26)(H,24,27). The van der Waals surface area contributed by atoms with E-state index in [1.54, 1.807) is 30.3 Å². The molecule has 0 fully saturated rings. The minimum atomic E-state index is -0.475. The summed E-state index contributed by atoms with van der Waals surface area (Å²) in [6.45, 7) is 5.60. The van der Waals surface area contributed by atoms with Gasteiger partial charge < -0.3 is 14.0 Å². The Balaban J connectivity index is 1.50. The first-order chi connectivity index (χ1) is 14.4. The highest BCUT2D eigenvalue weighted by Gasteiger charge is 2.12. The van der Waals surface area contributed by atoms with Crippen LogP contribution in [0.1, 0.15) is 32.9 Å². The topological polar surface area (TPSA) is 103 Å². The molecule has 0 atom stereocenters. The fraction of sp³-hybridized carbons (Fsp3) is 0.227. The molecular weight excluding hydrogens is 386 g/mol. The number of carbonyl (C=O) groups is 2. The van der Waals surface area contributed by atoms with Crippen LogP contribution in [-0.4, -0.2) is 23.6 Å². The zero-order valence-electron chi connectivity index (χ0n) is 17.0. The highest BCUT2D eigenvalue weighted by molar-refractivity contribution is 5.95. The average molecular weight is 409 g/mol. The van der Waals surface area contributed by atoms with Gasteiger partial charge in [-0.25, -0.2) is 0 Å². The number of amides is 2. The monoisotopic (exact) mass is 409 g/mol. The number of aryl methyl sites for hydroxylation is 3. The van der Waals surface area contributed by atoms with Crippen LogP contribution in [0.2, 0.25) is 0 Å². The highest BCUT2D eigenvalue weighted by Crippen LogP contribution is 2.18. The first-order valence-electron chi connectivity index (χ1n) is 9.36. The summed E-state index contributed by atoms with van der Waals surface area (Å²) >= 11 is 0. The van der Waals surface area contributed by atoms with Gasteiger partial charge in [-0.15, -0.1) is 0 Å². The molecule has 0 aliphatic heterocycles. The zero-order chi connectivity index (χ0) is 21.5.